The maximum absolute atomic E-state index is 12.5. The summed E-state index contributed by atoms with van der Waals surface area (Å²) in [5.74, 6) is -1.41. The first kappa shape index (κ1) is 18.4. The number of carboxylic acids is 1. The average Bonchev–Trinajstić information content (AvgIpc) is 3.23. The van der Waals surface area contributed by atoms with Crippen molar-refractivity contribution in [2.24, 2.45) is 0 Å². The van der Waals surface area contributed by atoms with Crippen LogP contribution in [-0.2, 0) is 10.3 Å². The molecule has 2 aromatic heterocycles. The quantitative estimate of drug-likeness (QED) is 0.722. The Labute approximate surface area is 156 Å². The third kappa shape index (κ3) is 3.59. The molecule has 0 radical (unpaired) electrons. The Morgan fingerprint density at radius 3 is 2.44 bits per heavy atom. The minimum Gasteiger partial charge on any atom is -0.479 e. The number of nitrogens with zero attached hydrogens (tertiary/aromatic N) is 4. The summed E-state index contributed by atoms with van der Waals surface area (Å²) < 4.78 is 2.99. The van der Waals surface area contributed by atoms with Crippen LogP contribution >= 0.6 is 0 Å². The van der Waals surface area contributed by atoms with Crippen LogP contribution in [0.1, 0.15) is 35.6 Å². The Kier molecular flexibility index (Phi) is 4.57. The highest BCUT2D eigenvalue weighted by Crippen LogP contribution is 2.18. The van der Waals surface area contributed by atoms with Gasteiger partial charge in [-0.05, 0) is 45.9 Å². The summed E-state index contributed by atoms with van der Waals surface area (Å²) in [5.41, 5.74) is 2.28. The number of amides is 1. The molecule has 3 rings (SSSR count). The molecule has 0 saturated heterocycles. The molecule has 3 aromatic rings. The predicted molar refractivity (Wildman–Crippen MR) is 100 cm³/mol. The van der Waals surface area contributed by atoms with Gasteiger partial charge in [0, 0.05) is 11.9 Å². The first-order valence-corrected chi connectivity index (χ1v) is 8.42. The summed E-state index contributed by atoms with van der Waals surface area (Å²) in [6, 6.07) is 9.54. The molecular formula is C19H21N5O3. The van der Waals surface area contributed by atoms with Crippen LogP contribution in [-0.4, -0.2) is 36.5 Å². The Balaban J connectivity index is 1.80. The largest absolute Gasteiger partial charge is 0.479 e. The van der Waals surface area contributed by atoms with Crippen molar-refractivity contribution in [2.75, 3.05) is 5.32 Å². The second-order valence-corrected chi connectivity index (χ2v) is 6.91. The summed E-state index contributed by atoms with van der Waals surface area (Å²) in [7, 11) is 0. The van der Waals surface area contributed by atoms with Crippen LogP contribution in [0.2, 0.25) is 0 Å². The fourth-order valence-electron chi connectivity index (χ4n) is 2.52. The van der Waals surface area contributed by atoms with E-state index in [4.69, 9.17) is 0 Å². The number of carbonyl (C=O) groups excluding carboxylic acids is 1. The monoisotopic (exact) mass is 367 g/mol. The van der Waals surface area contributed by atoms with Crippen molar-refractivity contribution in [2.45, 2.75) is 33.2 Å². The number of hydrogen-bond donors (Lipinski definition) is 2. The van der Waals surface area contributed by atoms with Gasteiger partial charge >= 0.3 is 5.97 Å². The third-order valence-electron chi connectivity index (χ3n) is 4.34. The minimum absolute atomic E-state index is 0.262. The van der Waals surface area contributed by atoms with Crippen molar-refractivity contribution in [3.05, 3.63) is 59.7 Å². The van der Waals surface area contributed by atoms with Gasteiger partial charge in [-0.1, -0.05) is 17.7 Å². The van der Waals surface area contributed by atoms with Crippen molar-refractivity contribution in [1.29, 1.82) is 0 Å². The van der Waals surface area contributed by atoms with Crippen molar-refractivity contribution < 1.29 is 14.7 Å². The number of aromatic nitrogens is 4. The molecule has 0 saturated carbocycles. The number of carbonyl (C=O) groups is 2. The van der Waals surface area contributed by atoms with Gasteiger partial charge in [-0.25, -0.2) is 9.48 Å². The van der Waals surface area contributed by atoms with E-state index in [9.17, 15) is 14.7 Å². The molecule has 2 heterocycles. The fourth-order valence-corrected chi connectivity index (χ4v) is 2.52. The highest BCUT2D eigenvalue weighted by molar-refractivity contribution is 6.02. The van der Waals surface area contributed by atoms with Gasteiger partial charge in [0.25, 0.3) is 5.91 Å². The standard InChI is InChI=1S/C19H21N5O3/c1-12-5-7-15(8-6-12)24-13(2)9-16(22-24)17(25)21-14-10-20-23(11-14)19(3,4)18(26)27/h5-11H,1-4H3,(H,21,25)(H,26,27). The molecule has 0 atom stereocenters. The van der Waals surface area contributed by atoms with Crippen LogP contribution in [0.3, 0.4) is 0 Å². The molecular weight excluding hydrogens is 346 g/mol. The molecule has 0 aliphatic heterocycles. The second kappa shape index (κ2) is 6.71. The highest BCUT2D eigenvalue weighted by Gasteiger charge is 2.30. The molecule has 1 aromatic carbocycles. The number of anilines is 1. The normalized spacial score (nSPS) is 11.4. The highest BCUT2D eigenvalue weighted by atomic mass is 16.4. The lowest BCUT2D eigenvalue weighted by molar-refractivity contribution is -0.146. The van der Waals surface area contributed by atoms with E-state index in [0.29, 0.717) is 5.69 Å². The van der Waals surface area contributed by atoms with Gasteiger partial charge in [0.05, 0.1) is 17.6 Å². The molecule has 1 amide bonds. The minimum atomic E-state index is -1.22. The van der Waals surface area contributed by atoms with E-state index in [1.54, 1.807) is 10.7 Å². The second-order valence-electron chi connectivity index (χ2n) is 6.91. The molecule has 0 fully saturated rings. The number of aryl methyl sites for hydroxylation is 2. The van der Waals surface area contributed by atoms with E-state index >= 15 is 0 Å². The summed E-state index contributed by atoms with van der Waals surface area (Å²) in [6.07, 6.45) is 2.89. The molecule has 27 heavy (non-hydrogen) atoms. The molecule has 0 aliphatic rings. The van der Waals surface area contributed by atoms with Crippen LogP contribution < -0.4 is 5.32 Å². The maximum Gasteiger partial charge on any atom is 0.331 e. The fraction of sp³-hybridized carbons (Fsp3) is 0.263. The number of hydrogen-bond acceptors (Lipinski definition) is 4. The van der Waals surface area contributed by atoms with E-state index in [0.717, 1.165) is 16.9 Å². The van der Waals surface area contributed by atoms with Crippen LogP contribution in [0, 0.1) is 13.8 Å². The van der Waals surface area contributed by atoms with Crippen molar-refractivity contribution in [3.8, 4) is 5.69 Å². The van der Waals surface area contributed by atoms with Crippen LogP contribution in [0.5, 0.6) is 0 Å². The summed E-state index contributed by atoms with van der Waals surface area (Å²) in [4.78, 5) is 23.8. The van der Waals surface area contributed by atoms with Gasteiger partial charge in [-0.2, -0.15) is 10.2 Å². The number of nitrogens with one attached hydrogen (secondary N) is 1. The Hall–Kier alpha value is -3.42. The zero-order chi connectivity index (χ0) is 19.8. The first-order valence-electron chi connectivity index (χ1n) is 8.42. The van der Waals surface area contributed by atoms with Gasteiger partial charge in [0.1, 0.15) is 0 Å². The third-order valence-corrected chi connectivity index (χ3v) is 4.34. The summed E-state index contributed by atoms with van der Waals surface area (Å²) in [5, 5.41) is 20.4. The van der Waals surface area contributed by atoms with Crippen LogP contribution in [0.15, 0.2) is 42.7 Å². The molecule has 0 bridgehead atoms. The molecule has 140 valence electrons. The van der Waals surface area contributed by atoms with E-state index in [2.05, 4.69) is 15.5 Å². The van der Waals surface area contributed by atoms with Gasteiger partial charge in [0.15, 0.2) is 11.2 Å². The number of aliphatic carboxylic acids is 1. The first-order chi connectivity index (χ1) is 12.7. The molecule has 8 heteroatoms. The van der Waals surface area contributed by atoms with Crippen LogP contribution in [0.4, 0.5) is 5.69 Å². The SMILES string of the molecule is Cc1ccc(-n2nc(C(=O)Nc3cnn(C(C)(C)C(=O)O)c3)cc2C)cc1. The number of rotatable bonds is 5. The van der Waals surface area contributed by atoms with Crippen molar-refractivity contribution >= 4 is 17.6 Å². The zero-order valence-corrected chi connectivity index (χ0v) is 15.6. The summed E-state index contributed by atoms with van der Waals surface area (Å²) in [6.45, 7) is 6.93. The lowest BCUT2D eigenvalue weighted by Crippen LogP contribution is -2.35. The Morgan fingerprint density at radius 1 is 1.15 bits per heavy atom. The molecule has 2 N–H and O–H groups in total. The number of carboxylic acid groups (broad SMARTS) is 1. The van der Waals surface area contributed by atoms with E-state index in [1.165, 1.54) is 30.9 Å². The topological polar surface area (TPSA) is 102 Å². The van der Waals surface area contributed by atoms with Crippen molar-refractivity contribution in [3.63, 3.8) is 0 Å². The van der Waals surface area contributed by atoms with Crippen LogP contribution in [0.25, 0.3) is 5.69 Å². The molecule has 8 nitrogen and oxygen atoms in total. The Morgan fingerprint density at radius 2 is 1.81 bits per heavy atom. The van der Waals surface area contributed by atoms with Gasteiger partial charge in [0.2, 0.25) is 0 Å². The lowest BCUT2D eigenvalue weighted by Gasteiger charge is -2.19. The zero-order valence-electron chi connectivity index (χ0n) is 15.6. The molecule has 0 aliphatic carbocycles. The smallest absolute Gasteiger partial charge is 0.331 e. The maximum atomic E-state index is 12.5. The number of benzene rings is 1. The van der Waals surface area contributed by atoms with E-state index < -0.39 is 17.4 Å². The van der Waals surface area contributed by atoms with Crippen molar-refractivity contribution in [1.82, 2.24) is 19.6 Å². The van der Waals surface area contributed by atoms with E-state index in [1.807, 2.05) is 38.1 Å². The van der Waals surface area contributed by atoms with Gasteiger partial charge in [-0.3, -0.25) is 9.48 Å². The average molecular weight is 367 g/mol. The predicted octanol–water partition coefficient (Wildman–Crippen LogP) is 2.76. The van der Waals surface area contributed by atoms with E-state index in [-0.39, 0.29) is 5.69 Å². The van der Waals surface area contributed by atoms with Gasteiger partial charge in [-0.15, -0.1) is 0 Å². The summed E-state index contributed by atoms with van der Waals surface area (Å²) >= 11 is 0. The lowest BCUT2D eigenvalue weighted by atomic mass is 10.1. The van der Waals surface area contributed by atoms with Gasteiger partial charge < -0.3 is 10.4 Å². The Bertz CT molecular complexity index is 999. The molecule has 0 spiro atoms. The molecule has 0 unspecified atom stereocenters.